The highest BCUT2D eigenvalue weighted by atomic mass is 16.4. The molecule has 0 radical (unpaired) electrons. The lowest BCUT2D eigenvalue weighted by atomic mass is 10.1. The van der Waals surface area contributed by atoms with Crippen LogP contribution in [0.5, 0.6) is 0 Å². The Hall–Kier alpha value is -1.05. The molecule has 1 rings (SSSR count). The number of carbonyl (C=O) groups is 1. The Morgan fingerprint density at radius 3 is 1.75 bits per heavy atom. The number of carboxylic acids is 1. The molecule has 0 atom stereocenters. The van der Waals surface area contributed by atoms with Crippen LogP contribution >= 0.6 is 0 Å². The molecule has 0 amide bonds. The fourth-order valence-corrected chi connectivity index (χ4v) is 0.760. The summed E-state index contributed by atoms with van der Waals surface area (Å²) < 4.78 is 0. The number of aliphatic carboxylic acids is 1. The fraction of sp³-hybridized carbons (Fsp3) is 0.500. The molecular formula is C10H15O2-. The van der Waals surface area contributed by atoms with Gasteiger partial charge in [-0.1, -0.05) is 18.7 Å². The Labute approximate surface area is 73.6 Å². The van der Waals surface area contributed by atoms with E-state index in [1.807, 2.05) is 0 Å². The van der Waals surface area contributed by atoms with E-state index in [0.717, 1.165) is 0 Å². The van der Waals surface area contributed by atoms with E-state index >= 15 is 0 Å². The Bertz CT molecular complexity index is 160. The van der Waals surface area contributed by atoms with Gasteiger partial charge < -0.3 is 9.90 Å². The van der Waals surface area contributed by atoms with Gasteiger partial charge in [0.25, 0.3) is 0 Å². The minimum absolute atomic E-state index is 0.0648. The predicted molar refractivity (Wildman–Crippen MR) is 47.4 cm³/mol. The minimum atomic E-state index is -1.19. The largest absolute Gasteiger partial charge is 0.545 e. The normalized spacial score (nSPS) is 14.4. The first-order valence-corrected chi connectivity index (χ1v) is 4.16. The van der Waals surface area contributed by atoms with Crippen LogP contribution in [0.1, 0.15) is 32.6 Å². The highest BCUT2D eigenvalue weighted by Gasteiger charge is 1.87. The second-order valence-electron chi connectivity index (χ2n) is 2.82. The lowest BCUT2D eigenvalue weighted by Crippen LogP contribution is -2.22. The van der Waals surface area contributed by atoms with E-state index in [2.05, 4.69) is 18.7 Å². The van der Waals surface area contributed by atoms with Crippen LogP contribution in [0.15, 0.2) is 24.3 Å². The summed E-state index contributed by atoms with van der Waals surface area (Å²) in [6.45, 7) is 4.48. The summed E-state index contributed by atoms with van der Waals surface area (Å²) in [6.07, 6.45) is 10.0. The number of carboxylic acid groups (broad SMARTS) is 1. The molecule has 0 aromatic heterocycles. The van der Waals surface area contributed by atoms with Crippen molar-refractivity contribution in [2.45, 2.75) is 32.6 Å². The van der Waals surface area contributed by atoms with Gasteiger partial charge in [0.05, 0.1) is 5.97 Å². The van der Waals surface area contributed by atoms with Crippen molar-refractivity contribution in [1.82, 2.24) is 0 Å². The van der Waals surface area contributed by atoms with Crippen molar-refractivity contribution in [3.05, 3.63) is 24.3 Å². The van der Waals surface area contributed by atoms with Gasteiger partial charge >= 0.3 is 0 Å². The van der Waals surface area contributed by atoms with Crippen molar-refractivity contribution < 1.29 is 9.90 Å². The van der Waals surface area contributed by atoms with Crippen molar-refractivity contribution in [2.24, 2.45) is 0 Å². The first-order valence-electron chi connectivity index (χ1n) is 4.16. The summed E-state index contributed by atoms with van der Waals surface area (Å²) in [5.74, 6) is -1.19. The molecule has 68 valence electrons. The van der Waals surface area contributed by atoms with Gasteiger partial charge in [-0.15, -0.1) is 0 Å². The lowest BCUT2D eigenvalue weighted by molar-refractivity contribution is -0.299. The Balaban J connectivity index is 0.000000202. The van der Waals surface area contributed by atoms with Crippen molar-refractivity contribution in [2.75, 3.05) is 0 Å². The van der Waals surface area contributed by atoms with E-state index in [4.69, 9.17) is 0 Å². The Morgan fingerprint density at radius 2 is 1.67 bits per heavy atom. The van der Waals surface area contributed by atoms with Crippen LogP contribution in [0.25, 0.3) is 0 Å². The van der Waals surface area contributed by atoms with Gasteiger partial charge in [-0.3, -0.25) is 0 Å². The Kier molecular flexibility index (Phi) is 6.07. The first-order chi connectivity index (χ1) is 5.64. The van der Waals surface area contributed by atoms with Crippen LogP contribution in [0.3, 0.4) is 0 Å². The van der Waals surface area contributed by atoms with Gasteiger partial charge in [-0.25, -0.2) is 0 Å². The fourth-order valence-electron chi connectivity index (χ4n) is 0.760. The molecule has 0 aromatic carbocycles. The molecule has 0 heterocycles. The molecule has 0 aromatic rings. The van der Waals surface area contributed by atoms with Crippen molar-refractivity contribution in [1.29, 1.82) is 0 Å². The smallest absolute Gasteiger partial charge is 0.0666 e. The van der Waals surface area contributed by atoms with Crippen LogP contribution in [0.2, 0.25) is 0 Å². The number of hydrogen-bond donors (Lipinski definition) is 0. The standard InChI is InChI=1S/C6H10.C4H6O2/c1-2-4-6-5-3-1;1-3(2)4(5)6/h1-2H,3-6H2;1H2,2H3,(H,5,6)/p-1. The van der Waals surface area contributed by atoms with Gasteiger partial charge in [-0.05, 0) is 38.2 Å². The van der Waals surface area contributed by atoms with E-state index in [1.165, 1.54) is 32.6 Å². The summed E-state index contributed by atoms with van der Waals surface area (Å²) in [7, 11) is 0. The SMILES string of the molecule is C1=CCCCC1.C=C(C)C(=O)[O-]. The zero-order valence-corrected chi connectivity index (χ0v) is 7.51. The van der Waals surface area contributed by atoms with E-state index in [-0.39, 0.29) is 5.57 Å². The van der Waals surface area contributed by atoms with Crippen LogP contribution in [0.4, 0.5) is 0 Å². The minimum Gasteiger partial charge on any atom is -0.545 e. The van der Waals surface area contributed by atoms with Crippen molar-refractivity contribution >= 4 is 5.97 Å². The van der Waals surface area contributed by atoms with E-state index in [1.54, 1.807) is 0 Å². The average molecular weight is 167 g/mol. The molecule has 0 bridgehead atoms. The zero-order valence-electron chi connectivity index (χ0n) is 7.51. The predicted octanol–water partition coefficient (Wildman–Crippen LogP) is 1.43. The van der Waals surface area contributed by atoms with Gasteiger partial charge in [-0.2, -0.15) is 0 Å². The molecular weight excluding hydrogens is 152 g/mol. The van der Waals surface area contributed by atoms with E-state index in [0.29, 0.717) is 0 Å². The molecule has 2 nitrogen and oxygen atoms in total. The number of carbonyl (C=O) groups excluding carboxylic acids is 1. The summed E-state index contributed by atoms with van der Waals surface area (Å²) in [5.41, 5.74) is 0.0648. The number of allylic oxidation sites excluding steroid dienone is 2. The van der Waals surface area contributed by atoms with Crippen LogP contribution in [-0.2, 0) is 4.79 Å². The monoisotopic (exact) mass is 167 g/mol. The molecule has 12 heavy (non-hydrogen) atoms. The van der Waals surface area contributed by atoms with Gasteiger partial charge in [0.1, 0.15) is 0 Å². The molecule has 0 spiro atoms. The first kappa shape index (κ1) is 11.0. The second kappa shape index (κ2) is 6.65. The third-order valence-corrected chi connectivity index (χ3v) is 1.51. The zero-order chi connectivity index (χ0) is 9.40. The topological polar surface area (TPSA) is 40.1 Å². The summed E-state index contributed by atoms with van der Waals surface area (Å²) in [4.78, 5) is 9.49. The molecule has 0 saturated carbocycles. The van der Waals surface area contributed by atoms with Crippen LogP contribution in [0, 0.1) is 0 Å². The summed E-state index contributed by atoms with van der Waals surface area (Å²) in [5, 5.41) is 9.49. The van der Waals surface area contributed by atoms with Crippen LogP contribution < -0.4 is 5.11 Å². The number of rotatable bonds is 1. The second-order valence-corrected chi connectivity index (χ2v) is 2.82. The highest BCUT2D eigenvalue weighted by molar-refractivity contribution is 5.82. The molecule has 0 N–H and O–H groups in total. The van der Waals surface area contributed by atoms with Crippen LogP contribution in [-0.4, -0.2) is 5.97 Å². The maximum atomic E-state index is 9.49. The summed E-state index contributed by atoms with van der Waals surface area (Å²) in [6, 6.07) is 0. The molecule has 1 aliphatic carbocycles. The molecule has 1 aliphatic rings. The quantitative estimate of drug-likeness (QED) is 0.438. The average Bonchev–Trinajstić information content (AvgIpc) is 2.08. The van der Waals surface area contributed by atoms with E-state index < -0.39 is 5.97 Å². The van der Waals surface area contributed by atoms with Gasteiger partial charge in [0.2, 0.25) is 0 Å². The van der Waals surface area contributed by atoms with Crippen molar-refractivity contribution in [3.63, 3.8) is 0 Å². The van der Waals surface area contributed by atoms with E-state index in [9.17, 15) is 9.90 Å². The highest BCUT2D eigenvalue weighted by Crippen LogP contribution is 2.07. The Morgan fingerprint density at radius 1 is 1.33 bits per heavy atom. The maximum Gasteiger partial charge on any atom is 0.0666 e. The summed E-state index contributed by atoms with van der Waals surface area (Å²) >= 11 is 0. The third-order valence-electron chi connectivity index (χ3n) is 1.51. The van der Waals surface area contributed by atoms with Gasteiger partial charge in [0, 0.05) is 0 Å². The molecule has 0 saturated heterocycles. The number of hydrogen-bond acceptors (Lipinski definition) is 2. The lowest BCUT2D eigenvalue weighted by Gasteiger charge is -1.97. The molecule has 0 fully saturated rings. The van der Waals surface area contributed by atoms with Gasteiger partial charge in [0.15, 0.2) is 0 Å². The van der Waals surface area contributed by atoms with Crippen molar-refractivity contribution in [3.8, 4) is 0 Å². The maximum absolute atomic E-state index is 9.49. The molecule has 0 unspecified atom stereocenters. The third kappa shape index (κ3) is 7.06. The molecule has 0 aliphatic heterocycles. The molecule has 2 heteroatoms.